The predicted octanol–water partition coefficient (Wildman–Crippen LogP) is 5.08. The Kier molecular flexibility index (Phi) is 5.16. The van der Waals surface area contributed by atoms with Crippen LogP contribution in [0.1, 0.15) is 5.56 Å². The van der Waals surface area contributed by atoms with Gasteiger partial charge in [0.2, 0.25) is 0 Å². The van der Waals surface area contributed by atoms with Gasteiger partial charge in [-0.05, 0) is 48.7 Å². The first-order valence-corrected chi connectivity index (χ1v) is 9.66. The van der Waals surface area contributed by atoms with Gasteiger partial charge in [0.25, 0.3) is 0 Å². The zero-order valence-corrected chi connectivity index (χ0v) is 16.3. The Morgan fingerprint density at radius 2 is 1.76 bits per heavy atom. The van der Waals surface area contributed by atoms with Gasteiger partial charge in [0, 0.05) is 10.4 Å². The minimum Gasteiger partial charge on any atom is -0.339 e. The molecule has 0 amide bonds. The average Bonchev–Trinajstić information content (AvgIpc) is 3.33. The van der Waals surface area contributed by atoms with Crippen molar-refractivity contribution in [3.63, 3.8) is 0 Å². The van der Waals surface area contributed by atoms with Crippen molar-refractivity contribution >= 4 is 44.7 Å². The van der Waals surface area contributed by atoms with Gasteiger partial charge in [0.05, 0.1) is 11.1 Å². The topological polar surface area (TPSA) is 76.4 Å². The van der Waals surface area contributed by atoms with E-state index < -0.39 is 0 Å². The molecule has 0 bridgehead atoms. The molecule has 3 aromatic heterocycles. The summed E-state index contributed by atoms with van der Waals surface area (Å²) >= 11 is 1.76. The Hall–Kier alpha value is -3.80. The zero-order valence-electron chi connectivity index (χ0n) is 15.5. The molecule has 0 saturated heterocycles. The third kappa shape index (κ3) is 3.91. The Labute approximate surface area is 170 Å². The molecule has 5 aromatic rings. The molecule has 142 valence electrons. The standard InChI is InChI=1S/C21H16N4S.CO2/c1-14-6-8-16(9-7-14)23-20-10-11-21-22-13-17(25(21)24-20)19-12-15-4-2-3-5-18(15)26-19;2-1-3/h2-13H,1H3,(H,23,24);. The van der Waals surface area contributed by atoms with Crippen LogP contribution in [0.15, 0.2) is 72.9 Å². The van der Waals surface area contributed by atoms with Crippen LogP contribution in [0.3, 0.4) is 0 Å². The van der Waals surface area contributed by atoms with E-state index >= 15 is 0 Å². The summed E-state index contributed by atoms with van der Waals surface area (Å²) in [5.41, 5.74) is 4.10. The molecule has 0 saturated carbocycles. The summed E-state index contributed by atoms with van der Waals surface area (Å²) in [6.07, 6.45) is 2.14. The molecular formula is C22H16N4O2S. The number of rotatable bonds is 3. The lowest BCUT2D eigenvalue weighted by atomic mass is 10.2. The lowest BCUT2D eigenvalue weighted by Gasteiger charge is -2.07. The number of fused-ring (bicyclic) bond motifs is 2. The molecule has 0 unspecified atom stereocenters. The van der Waals surface area contributed by atoms with Gasteiger partial charge < -0.3 is 5.32 Å². The van der Waals surface area contributed by atoms with Gasteiger partial charge in [-0.15, -0.1) is 16.4 Å². The fourth-order valence-electron chi connectivity index (χ4n) is 3.00. The second-order valence-electron chi connectivity index (χ2n) is 6.35. The Balaban J connectivity index is 0.000000645. The van der Waals surface area contributed by atoms with Gasteiger partial charge in [0.15, 0.2) is 11.5 Å². The largest absolute Gasteiger partial charge is 0.373 e. The average molecular weight is 400 g/mol. The minimum atomic E-state index is 0.250. The summed E-state index contributed by atoms with van der Waals surface area (Å²) in [5.74, 6) is 0.793. The third-order valence-electron chi connectivity index (χ3n) is 4.36. The number of aryl methyl sites for hydroxylation is 1. The lowest BCUT2D eigenvalue weighted by Crippen LogP contribution is -1.99. The molecule has 1 N–H and O–H groups in total. The molecule has 0 atom stereocenters. The number of nitrogens with zero attached hydrogens (tertiary/aromatic N) is 3. The van der Waals surface area contributed by atoms with Crippen molar-refractivity contribution in [3.8, 4) is 10.6 Å². The Morgan fingerprint density at radius 1 is 1.00 bits per heavy atom. The number of imidazole rings is 1. The number of hydrogen-bond donors (Lipinski definition) is 1. The SMILES string of the molecule is Cc1ccc(Nc2ccc3ncc(-c4cc5ccccc5s4)n3n2)cc1.O=C=O. The number of hydrogen-bond acceptors (Lipinski definition) is 6. The van der Waals surface area contributed by atoms with Crippen LogP contribution in [-0.2, 0) is 9.59 Å². The van der Waals surface area contributed by atoms with Crippen molar-refractivity contribution < 1.29 is 9.59 Å². The molecule has 7 heteroatoms. The molecule has 0 fully saturated rings. The molecular weight excluding hydrogens is 384 g/mol. The van der Waals surface area contributed by atoms with Crippen LogP contribution in [0.4, 0.5) is 11.5 Å². The second kappa shape index (κ2) is 8.06. The van der Waals surface area contributed by atoms with Crippen LogP contribution in [0.5, 0.6) is 0 Å². The van der Waals surface area contributed by atoms with Gasteiger partial charge in [-0.1, -0.05) is 35.9 Å². The number of anilines is 2. The minimum absolute atomic E-state index is 0.250. The summed E-state index contributed by atoms with van der Waals surface area (Å²) in [5, 5.41) is 9.36. The van der Waals surface area contributed by atoms with Gasteiger partial charge in [-0.25, -0.2) is 9.50 Å². The Morgan fingerprint density at radius 3 is 2.52 bits per heavy atom. The van der Waals surface area contributed by atoms with Gasteiger partial charge >= 0.3 is 6.15 Å². The number of benzene rings is 2. The molecule has 5 rings (SSSR count). The van der Waals surface area contributed by atoms with Crippen molar-refractivity contribution in [2.45, 2.75) is 6.92 Å². The normalized spacial score (nSPS) is 10.4. The van der Waals surface area contributed by atoms with Crippen LogP contribution in [0.2, 0.25) is 0 Å². The van der Waals surface area contributed by atoms with E-state index in [1.54, 1.807) is 11.3 Å². The van der Waals surface area contributed by atoms with Gasteiger partial charge in [0.1, 0.15) is 5.69 Å². The highest BCUT2D eigenvalue weighted by molar-refractivity contribution is 7.22. The van der Waals surface area contributed by atoms with Crippen LogP contribution >= 0.6 is 11.3 Å². The van der Waals surface area contributed by atoms with Gasteiger partial charge in [-0.2, -0.15) is 9.59 Å². The maximum atomic E-state index is 8.12. The van der Waals surface area contributed by atoms with Crippen molar-refractivity contribution in [1.82, 2.24) is 14.6 Å². The van der Waals surface area contributed by atoms with E-state index in [0.717, 1.165) is 22.8 Å². The predicted molar refractivity (Wildman–Crippen MR) is 113 cm³/mol. The molecule has 0 radical (unpaired) electrons. The first kappa shape index (κ1) is 18.6. The quantitative estimate of drug-likeness (QED) is 0.457. The number of carbonyl (C=O) groups excluding carboxylic acids is 2. The first-order valence-electron chi connectivity index (χ1n) is 8.84. The van der Waals surface area contributed by atoms with Crippen molar-refractivity contribution in [2.24, 2.45) is 0 Å². The number of nitrogens with one attached hydrogen (secondary N) is 1. The fourth-order valence-corrected chi connectivity index (χ4v) is 4.06. The highest BCUT2D eigenvalue weighted by Crippen LogP contribution is 2.33. The third-order valence-corrected chi connectivity index (χ3v) is 5.50. The first-order chi connectivity index (χ1) is 14.2. The van der Waals surface area contributed by atoms with Gasteiger partial charge in [-0.3, -0.25) is 0 Å². The molecule has 0 aliphatic rings. The van der Waals surface area contributed by atoms with E-state index in [2.05, 4.69) is 71.8 Å². The zero-order chi connectivity index (χ0) is 20.2. The highest BCUT2D eigenvalue weighted by atomic mass is 32.1. The van der Waals surface area contributed by atoms with E-state index in [-0.39, 0.29) is 6.15 Å². The molecule has 3 heterocycles. The van der Waals surface area contributed by atoms with E-state index in [4.69, 9.17) is 14.7 Å². The maximum absolute atomic E-state index is 8.12. The van der Waals surface area contributed by atoms with Crippen molar-refractivity contribution in [2.75, 3.05) is 5.32 Å². The maximum Gasteiger partial charge on any atom is 0.373 e. The molecule has 6 nitrogen and oxygen atoms in total. The summed E-state index contributed by atoms with van der Waals surface area (Å²) in [4.78, 5) is 21.9. The van der Waals surface area contributed by atoms with E-state index in [9.17, 15) is 0 Å². The van der Waals surface area contributed by atoms with Crippen molar-refractivity contribution in [1.29, 1.82) is 0 Å². The molecule has 0 aliphatic heterocycles. The number of thiophene rings is 1. The summed E-state index contributed by atoms with van der Waals surface area (Å²) < 4.78 is 3.17. The van der Waals surface area contributed by atoms with Crippen LogP contribution in [0.25, 0.3) is 26.3 Å². The van der Waals surface area contributed by atoms with Crippen LogP contribution in [-0.4, -0.2) is 20.7 Å². The Bertz CT molecular complexity index is 1280. The second-order valence-corrected chi connectivity index (χ2v) is 7.44. The van der Waals surface area contributed by atoms with E-state index in [0.29, 0.717) is 0 Å². The molecule has 29 heavy (non-hydrogen) atoms. The highest BCUT2D eigenvalue weighted by Gasteiger charge is 2.11. The van der Waals surface area contributed by atoms with Crippen LogP contribution in [0, 0.1) is 6.92 Å². The number of aromatic nitrogens is 3. The van der Waals surface area contributed by atoms with E-state index in [1.165, 1.54) is 20.5 Å². The summed E-state index contributed by atoms with van der Waals surface area (Å²) in [7, 11) is 0. The fraction of sp³-hybridized carbons (Fsp3) is 0.0455. The van der Waals surface area contributed by atoms with E-state index in [1.807, 2.05) is 22.8 Å². The molecule has 0 aliphatic carbocycles. The molecule has 2 aromatic carbocycles. The lowest BCUT2D eigenvalue weighted by molar-refractivity contribution is -0.191. The molecule has 0 spiro atoms. The summed E-state index contributed by atoms with van der Waals surface area (Å²) in [6.45, 7) is 2.08. The monoisotopic (exact) mass is 400 g/mol. The smallest absolute Gasteiger partial charge is 0.339 e. The van der Waals surface area contributed by atoms with Crippen LogP contribution < -0.4 is 5.32 Å². The van der Waals surface area contributed by atoms with Crippen molar-refractivity contribution in [3.05, 3.63) is 78.5 Å². The summed E-state index contributed by atoms with van der Waals surface area (Å²) in [6, 6.07) is 22.8.